The SMILES string of the molecule is C[SiH](C)c1ccc(N(c2ccccc2)c2ccc3c(c2)N(c2ccc(C(C)(C)C)cc2)c2cc4c(cc2B3c2cc3cc5c(cc3s2)C(C)(C)CCC5(C)C)C(C)(C)CCC4(C)C)cc1. The highest BCUT2D eigenvalue weighted by Crippen LogP contribution is 2.51. The van der Waals surface area contributed by atoms with Gasteiger partial charge in [-0.05, 0) is 174 Å². The van der Waals surface area contributed by atoms with Crippen LogP contribution < -0.4 is 30.7 Å². The zero-order chi connectivity index (χ0) is 46.0. The topological polar surface area (TPSA) is 6.48 Å². The van der Waals surface area contributed by atoms with Crippen molar-refractivity contribution < 1.29 is 0 Å². The number of para-hydroxylation sites is 1. The Labute approximate surface area is 396 Å². The molecule has 0 amide bonds. The number of benzene rings is 6. The molecule has 0 bridgehead atoms. The number of rotatable bonds is 6. The minimum atomic E-state index is -0.955. The van der Waals surface area contributed by atoms with E-state index in [-0.39, 0.29) is 33.8 Å². The van der Waals surface area contributed by atoms with E-state index in [0.29, 0.717) is 0 Å². The normalized spacial score (nSPS) is 17.9. The fourth-order valence-corrected chi connectivity index (χ4v) is 13.6. The molecule has 10 rings (SSSR count). The standard InChI is InChI=1S/C60H69BN2SSi/c1-56(2,3)40-19-21-43(22-20-40)63-52-35-44(62(41-17-15-14-16-18-41)42-23-26-45(27-24-42)65(12)13)25-28-50(52)61(51-36-47-48(37-53(51)63)59(8,9)31-30-58(47,6)7)55-34-39-33-46-49(38-54(39)64-55)60(10,11)32-29-57(46,4)5/h14-28,33-38,65H,29-32H2,1-13H3. The van der Waals surface area contributed by atoms with Crippen molar-refractivity contribution in [1.82, 2.24) is 0 Å². The van der Waals surface area contributed by atoms with Gasteiger partial charge in [0.1, 0.15) is 0 Å². The monoisotopic (exact) mass is 889 g/mol. The van der Waals surface area contributed by atoms with Crippen LogP contribution in [0.5, 0.6) is 0 Å². The summed E-state index contributed by atoms with van der Waals surface area (Å²) < 4.78 is 2.84. The van der Waals surface area contributed by atoms with E-state index in [2.05, 4.69) is 226 Å². The predicted octanol–water partition coefficient (Wildman–Crippen LogP) is 14.4. The van der Waals surface area contributed by atoms with Gasteiger partial charge in [-0.3, -0.25) is 0 Å². The molecule has 1 aromatic heterocycles. The molecule has 6 aromatic carbocycles. The van der Waals surface area contributed by atoms with Gasteiger partial charge in [0.05, 0.1) is 8.80 Å². The second-order valence-electron chi connectivity index (χ2n) is 23.8. The molecule has 0 radical (unpaired) electrons. The van der Waals surface area contributed by atoms with Crippen LogP contribution in [-0.2, 0) is 27.1 Å². The van der Waals surface area contributed by atoms with Crippen LogP contribution in [0.4, 0.5) is 34.1 Å². The van der Waals surface area contributed by atoms with Crippen LogP contribution in [0.25, 0.3) is 10.1 Å². The van der Waals surface area contributed by atoms with Crippen LogP contribution in [0.3, 0.4) is 0 Å². The van der Waals surface area contributed by atoms with Crippen molar-refractivity contribution in [3.63, 3.8) is 0 Å². The van der Waals surface area contributed by atoms with Gasteiger partial charge in [0.15, 0.2) is 0 Å². The number of thiophene rings is 1. The Morgan fingerprint density at radius 1 is 0.538 bits per heavy atom. The molecule has 332 valence electrons. The van der Waals surface area contributed by atoms with Gasteiger partial charge in [-0.15, -0.1) is 11.3 Å². The van der Waals surface area contributed by atoms with Gasteiger partial charge in [-0.25, -0.2) is 0 Å². The van der Waals surface area contributed by atoms with E-state index in [9.17, 15) is 0 Å². The average Bonchev–Trinajstić information content (AvgIpc) is 3.68. The van der Waals surface area contributed by atoms with Gasteiger partial charge < -0.3 is 9.80 Å². The lowest BCUT2D eigenvalue weighted by molar-refractivity contribution is 0.332. The third kappa shape index (κ3) is 7.54. The third-order valence-corrected chi connectivity index (χ3v) is 18.9. The van der Waals surface area contributed by atoms with Gasteiger partial charge in [-0.1, -0.05) is 149 Å². The Balaban J connectivity index is 1.26. The van der Waals surface area contributed by atoms with Gasteiger partial charge in [0, 0.05) is 38.8 Å². The minimum absolute atomic E-state index is 0.0534. The number of fused-ring (bicyclic) bond motifs is 5. The summed E-state index contributed by atoms with van der Waals surface area (Å²) in [6.07, 6.45) is 4.79. The zero-order valence-corrected chi connectivity index (χ0v) is 43.4. The number of nitrogens with zero attached hydrogens (tertiary/aromatic N) is 2. The molecule has 0 unspecified atom stereocenters. The lowest BCUT2D eigenvalue weighted by Crippen LogP contribution is -2.57. The third-order valence-electron chi connectivity index (χ3n) is 16.0. The lowest BCUT2D eigenvalue weighted by atomic mass is 9.37. The van der Waals surface area contributed by atoms with Crippen molar-refractivity contribution in [3.8, 4) is 0 Å². The molecule has 0 saturated heterocycles. The van der Waals surface area contributed by atoms with E-state index < -0.39 is 8.80 Å². The fraction of sp³-hybridized carbons (Fsp3) is 0.367. The van der Waals surface area contributed by atoms with Crippen LogP contribution in [0.2, 0.25) is 13.1 Å². The summed E-state index contributed by atoms with van der Waals surface area (Å²) in [5.41, 5.74) is 18.0. The summed E-state index contributed by atoms with van der Waals surface area (Å²) in [7, 11) is -0.955. The van der Waals surface area contributed by atoms with Crippen molar-refractivity contribution in [2.45, 2.75) is 142 Å². The highest BCUT2D eigenvalue weighted by molar-refractivity contribution is 7.32. The predicted molar refractivity (Wildman–Crippen MR) is 290 cm³/mol. The van der Waals surface area contributed by atoms with Crippen LogP contribution in [0.1, 0.15) is 130 Å². The van der Waals surface area contributed by atoms with Crippen LogP contribution in [0.15, 0.2) is 127 Å². The van der Waals surface area contributed by atoms with Crippen LogP contribution in [0, 0.1) is 0 Å². The molecule has 3 aliphatic rings. The summed E-state index contributed by atoms with van der Waals surface area (Å²) in [5, 5.41) is 2.87. The Morgan fingerprint density at radius 3 is 1.65 bits per heavy atom. The Morgan fingerprint density at radius 2 is 1.06 bits per heavy atom. The van der Waals surface area contributed by atoms with E-state index in [0.717, 1.165) is 11.4 Å². The summed E-state index contributed by atoms with van der Waals surface area (Å²) in [5.74, 6) is 0. The van der Waals surface area contributed by atoms with Crippen LogP contribution >= 0.6 is 11.3 Å². The van der Waals surface area contributed by atoms with Gasteiger partial charge >= 0.3 is 0 Å². The van der Waals surface area contributed by atoms with Crippen molar-refractivity contribution in [1.29, 1.82) is 0 Å². The first-order valence-electron chi connectivity index (χ1n) is 24.4. The first kappa shape index (κ1) is 44.0. The molecular formula is C60H69BN2SSi. The highest BCUT2D eigenvalue weighted by Gasteiger charge is 2.44. The Kier molecular flexibility index (Phi) is 10.4. The van der Waals surface area contributed by atoms with Gasteiger partial charge in [0.25, 0.3) is 6.71 Å². The fourth-order valence-electron chi connectivity index (χ4n) is 11.4. The second kappa shape index (κ2) is 15.4. The maximum absolute atomic E-state index is 2.67. The smallest absolute Gasteiger partial charge is 0.259 e. The second-order valence-corrected chi connectivity index (χ2v) is 27.9. The van der Waals surface area contributed by atoms with Crippen molar-refractivity contribution in [2.75, 3.05) is 9.80 Å². The van der Waals surface area contributed by atoms with E-state index in [1.807, 2.05) is 11.3 Å². The maximum atomic E-state index is 2.67. The number of hydrogen-bond acceptors (Lipinski definition) is 3. The largest absolute Gasteiger partial charge is 0.311 e. The van der Waals surface area contributed by atoms with Crippen molar-refractivity contribution in [2.24, 2.45) is 0 Å². The van der Waals surface area contributed by atoms with E-state index >= 15 is 0 Å². The molecule has 2 aliphatic carbocycles. The minimum Gasteiger partial charge on any atom is -0.311 e. The molecule has 2 nitrogen and oxygen atoms in total. The first-order chi connectivity index (χ1) is 30.6. The van der Waals surface area contributed by atoms with E-state index in [1.54, 1.807) is 0 Å². The molecular weight excluding hydrogens is 820 g/mol. The average molecular weight is 889 g/mol. The summed E-state index contributed by atoms with van der Waals surface area (Å²) in [6.45, 7) is 31.6. The number of anilines is 6. The zero-order valence-electron chi connectivity index (χ0n) is 41.4. The van der Waals surface area contributed by atoms with E-state index in [4.69, 9.17) is 0 Å². The lowest BCUT2D eigenvalue weighted by Gasteiger charge is -2.45. The summed E-state index contributed by atoms with van der Waals surface area (Å²) >= 11 is 2.03. The quantitative estimate of drug-likeness (QED) is 0.154. The molecule has 65 heavy (non-hydrogen) atoms. The molecule has 0 N–H and O–H groups in total. The first-order valence-corrected chi connectivity index (χ1v) is 28.1. The van der Waals surface area contributed by atoms with Crippen LogP contribution in [-0.4, -0.2) is 15.5 Å². The Hall–Kier alpha value is -4.84. The molecule has 0 spiro atoms. The molecule has 0 fully saturated rings. The Bertz CT molecular complexity index is 2900. The molecule has 0 atom stereocenters. The van der Waals surface area contributed by atoms with Crippen molar-refractivity contribution >= 4 is 91.9 Å². The maximum Gasteiger partial charge on any atom is 0.259 e. The molecule has 5 heteroatoms. The van der Waals surface area contributed by atoms with Gasteiger partial charge in [0.2, 0.25) is 0 Å². The molecule has 1 aliphatic heterocycles. The summed E-state index contributed by atoms with van der Waals surface area (Å²) in [6, 6.07) is 50.3. The van der Waals surface area contributed by atoms with Crippen molar-refractivity contribution in [3.05, 3.63) is 155 Å². The van der Waals surface area contributed by atoms with E-state index in [1.165, 1.54) is 107 Å². The molecule has 7 aromatic rings. The molecule has 2 heterocycles. The highest BCUT2D eigenvalue weighted by atomic mass is 32.1. The number of hydrogen-bond donors (Lipinski definition) is 0. The van der Waals surface area contributed by atoms with Gasteiger partial charge in [-0.2, -0.15) is 0 Å². The summed E-state index contributed by atoms with van der Waals surface area (Å²) in [4.78, 5) is 5.09. The molecule has 0 saturated carbocycles.